The largest absolute Gasteiger partial charge is 0.352 e. The number of hydrogen-bond acceptors (Lipinski definition) is 6. The molecule has 4 rings (SSSR count). The number of anilines is 2. The van der Waals surface area contributed by atoms with E-state index in [2.05, 4.69) is 20.6 Å². The lowest BCUT2D eigenvalue weighted by Crippen LogP contribution is -2.12. The second-order valence-corrected chi connectivity index (χ2v) is 8.19. The Morgan fingerprint density at radius 1 is 1.13 bits per heavy atom. The molecule has 0 amide bonds. The highest BCUT2D eigenvalue weighted by molar-refractivity contribution is 7.90. The minimum Gasteiger partial charge on any atom is -0.352 e. The smallest absolute Gasteiger partial charge is 0.269 e. The normalized spacial score (nSPS) is 11.3. The number of hydrogen-bond donors (Lipinski definition) is 2. The van der Waals surface area contributed by atoms with Crippen LogP contribution in [-0.2, 0) is 16.6 Å². The third-order valence-corrected chi connectivity index (χ3v) is 6.11. The van der Waals surface area contributed by atoms with Crippen molar-refractivity contribution in [1.29, 1.82) is 0 Å². The molecule has 0 saturated heterocycles. The van der Waals surface area contributed by atoms with Crippen LogP contribution in [0.2, 0.25) is 0 Å². The topological polar surface area (TPSA) is 88.9 Å². The summed E-state index contributed by atoms with van der Waals surface area (Å²) < 4.78 is 41.5. The molecule has 0 aliphatic rings. The first-order valence-electron chi connectivity index (χ1n) is 8.82. The molecule has 1 aromatic carbocycles. The zero-order chi connectivity index (χ0) is 20.4. The molecule has 0 aliphatic heterocycles. The maximum absolute atomic E-state index is 13.9. The number of benzene rings is 1. The summed E-state index contributed by atoms with van der Waals surface area (Å²) in [6, 6.07) is 11.5. The molecule has 0 bridgehead atoms. The van der Waals surface area contributed by atoms with Gasteiger partial charge in [-0.1, -0.05) is 6.07 Å². The van der Waals surface area contributed by atoms with E-state index in [-0.39, 0.29) is 23.0 Å². The molecule has 0 radical (unpaired) electrons. The van der Waals surface area contributed by atoms with Crippen molar-refractivity contribution in [1.82, 2.24) is 19.3 Å². The average Bonchev–Trinajstić information content (AvgIpc) is 3.09. The van der Waals surface area contributed by atoms with Crippen LogP contribution in [0, 0.1) is 5.95 Å². The summed E-state index contributed by atoms with van der Waals surface area (Å²) in [7, 11) is -2.06. The van der Waals surface area contributed by atoms with Crippen molar-refractivity contribution in [3.63, 3.8) is 0 Å². The first-order chi connectivity index (χ1) is 14.0. The van der Waals surface area contributed by atoms with Gasteiger partial charge in [0.2, 0.25) is 5.95 Å². The summed E-state index contributed by atoms with van der Waals surface area (Å²) in [5.74, 6) is -0.637. The highest BCUT2D eigenvalue weighted by atomic mass is 35.5. The Bertz CT molecular complexity index is 1280. The second-order valence-electron chi connectivity index (χ2n) is 6.37. The van der Waals surface area contributed by atoms with Gasteiger partial charge in [0.1, 0.15) is 4.90 Å². The summed E-state index contributed by atoms with van der Waals surface area (Å²) in [5.41, 5.74) is 2.05. The highest BCUT2D eigenvalue weighted by Gasteiger charge is 2.21. The van der Waals surface area contributed by atoms with E-state index in [9.17, 15) is 12.8 Å². The number of nitrogens with zero attached hydrogens (tertiary/aromatic N) is 3. The van der Waals surface area contributed by atoms with E-state index >= 15 is 0 Å². The number of pyridine rings is 2. The van der Waals surface area contributed by atoms with Crippen molar-refractivity contribution in [2.24, 2.45) is 0 Å². The lowest BCUT2D eigenvalue weighted by Gasteiger charge is -2.10. The van der Waals surface area contributed by atoms with Crippen LogP contribution in [0.1, 0.15) is 5.56 Å². The molecule has 0 fully saturated rings. The van der Waals surface area contributed by atoms with Crippen molar-refractivity contribution in [2.45, 2.75) is 11.4 Å². The third kappa shape index (κ3) is 4.00. The number of rotatable bonds is 6. The summed E-state index contributed by atoms with van der Waals surface area (Å²) >= 11 is 0. The molecule has 30 heavy (non-hydrogen) atoms. The summed E-state index contributed by atoms with van der Waals surface area (Å²) in [6.07, 6.45) is 5.78. The van der Waals surface area contributed by atoms with Crippen LogP contribution in [-0.4, -0.2) is 29.4 Å². The zero-order valence-corrected chi connectivity index (χ0v) is 17.5. The van der Waals surface area contributed by atoms with Gasteiger partial charge in [-0.3, -0.25) is 4.98 Å². The predicted octanol–water partition coefficient (Wildman–Crippen LogP) is 3.69. The van der Waals surface area contributed by atoms with Gasteiger partial charge >= 0.3 is 0 Å². The molecule has 0 spiro atoms. The van der Waals surface area contributed by atoms with E-state index in [1.165, 1.54) is 28.6 Å². The Hall–Kier alpha value is -3.01. The number of aromatic nitrogens is 3. The third-order valence-electron chi connectivity index (χ3n) is 4.45. The van der Waals surface area contributed by atoms with Crippen LogP contribution in [0.3, 0.4) is 0 Å². The fourth-order valence-electron chi connectivity index (χ4n) is 3.12. The number of fused-ring (bicyclic) bond motifs is 1. The van der Waals surface area contributed by atoms with Crippen molar-refractivity contribution < 1.29 is 12.8 Å². The minimum absolute atomic E-state index is 0. The summed E-state index contributed by atoms with van der Waals surface area (Å²) in [6.45, 7) is 0.496. The number of halogens is 2. The van der Waals surface area contributed by atoms with Gasteiger partial charge in [0.05, 0.1) is 11.2 Å². The summed E-state index contributed by atoms with van der Waals surface area (Å²) in [5, 5.41) is 6.78. The zero-order valence-electron chi connectivity index (χ0n) is 15.9. The van der Waals surface area contributed by atoms with Crippen LogP contribution < -0.4 is 10.6 Å². The van der Waals surface area contributed by atoms with Crippen molar-refractivity contribution in [3.8, 4) is 0 Å². The molecule has 10 heteroatoms. The van der Waals surface area contributed by atoms with Crippen LogP contribution in [0.15, 0.2) is 72.1 Å². The Balaban J connectivity index is 0.00000256. The van der Waals surface area contributed by atoms with Crippen molar-refractivity contribution in [2.75, 3.05) is 12.4 Å². The molecule has 0 aliphatic carbocycles. The lowest BCUT2D eigenvalue weighted by molar-refractivity contribution is 0.587. The van der Waals surface area contributed by atoms with Crippen LogP contribution >= 0.6 is 12.4 Å². The maximum Gasteiger partial charge on any atom is 0.269 e. The van der Waals surface area contributed by atoms with E-state index in [0.29, 0.717) is 17.7 Å². The minimum atomic E-state index is -3.85. The molecule has 0 atom stereocenters. The molecule has 0 unspecified atom stereocenters. The Morgan fingerprint density at radius 3 is 2.63 bits per heavy atom. The highest BCUT2D eigenvalue weighted by Crippen LogP contribution is 2.29. The Morgan fingerprint density at radius 2 is 1.93 bits per heavy atom. The van der Waals surface area contributed by atoms with Gasteiger partial charge in [0.15, 0.2) is 0 Å². The molecule has 3 aromatic heterocycles. The Labute approximate surface area is 179 Å². The lowest BCUT2D eigenvalue weighted by atomic mass is 10.1. The second kappa shape index (κ2) is 8.78. The quantitative estimate of drug-likeness (QED) is 0.438. The van der Waals surface area contributed by atoms with E-state index in [1.807, 2.05) is 6.07 Å². The summed E-state index contributed by atoms with van der Waals surface area (Å²) in [4.78, 5) is 7.62. The molecule has 0 saturated carbocycles. The van der Waals surface area contributed by atoms with E-state index in [1.54, 1.807) is 43.6 Å². The Kier molecular flexibility index (Phi) is 6.35. The van der Waals surface area contributed by atoms with Crippen LogP contribution in [0.4, 0.5) is 15.8 Å². The molecule has 4 aromatic rings. The van der Waals surface area contributed by atoms with Gasteiger partial charge in [-0.05, 0) is 49.0 Å². The first-order valence-corrected chi connectivity index (χ1v) is 10.3. The molecular formula is C20H19ClFN5O2S. The van der Waals surface area contributed by atoms with Gasteiger partial charge in [-0.2, -0.15) is 4.39 Å². The van der Waals surface area contributed by atoms with Gasteiger partial charge in [0, 0.05) is 42.4 Å². The molecule has 2 N–H and O–H groups in total. The fourth-order valence-corrected chi connectivity index (χ4v) is 4.47. The molecule has 156 valence electrons. The van der Waals surface area contributed by atoms with Crippen LogP contribution in [0.5, 0.6) is 0 Å². The first kappa shape index (κ1) is 21.7. The maximum atomic E-state index is 13.9. The SMILES string of the molecule is CNCc1cn(S(=O)(=O)c2cccnc2)c2cc(Nc3cccnc3F)ccc12.Cl. The number of nitrogens with one attached hydrogen (secondary N) is 2. The molecular weight excluding hydrogens is 429 g/mol. The van der Waals surface area contributed by atoms with E-state index in [0.717, 1.165) is 10.9 Å². The van der Waals surface area contributed by atoms with Crippen LogP contribution in [0.25, 0.3) is 10.9 Å². The average molecular weight is 448 g/mol. The van der Waals surface area contributed by atoms with E-state index in [4.69, 9.17) is 0 Å². The van der Waals surface area contributed by atoms with Crippen molar-refractivity contribution >= 4 is 44.7 Å². The fraction of sp³-hybridized carbons (Fsp3) is 0.100. The van der Waals surface area contributed by atoms with Gasteiger partial charge in [-0.25, -0.2) is 17.4 Å². The predicted molar refractivity (Wildman–Crippen MR) is 116 cm³/mol. The van der Waals surface area contributed by atoms with Crippen molar-refractivity contribution in [3.05, 3.63) is 78.8 Å². The van der Waals surface area contributed by atoms with Gasteiger partial charge in [0.25, 0.3) is 10.0 Å². The monoisotopic (exact) mass is 447 g/mol. The molecule has 7 nitrogen and oxygen atoms in total. The molecule has 3 heterocycles. The van der Waals surface area contributed by atoms with E-state index < -0.39 is 16.0 Å². The standard InChI is InChI=1S/C20H18FN5O2S.ClH/c1-22-11-14-13-26(29(27,28)16-4-2-8-23-12-16)19-10-15(6-7-17(14)19)25-18-5-3-9-24-20(18)21;/h2-10,12-13,22,25H,11H2,1H3;1H. The van der Waals surface area contributed by atoms with Gasteiger partial charge < -0.3 is 10.6 Å². The van der Waals surface area contributed by atoms with Gasteiger partial charge in [-0.15, -0.1) is 12.4 Å².